The summed E-state index contributed by atoms with van der Waals surface area (Å²) in [4.78, 5) is 55.8. The summed E-state index contributed by atoms with van der Waals surface area (Å²) in [7, 11) is 1.59. The van der Waals surface area contributed by atoms with Crippen LogP contribution in [0.2, 0.25) is 0 Å². The summed E-state index contributed by atoms with van der Waals surface area (Å²) >= 11 is 0. The van der Waals surface area contributed by atoms with Crippen molar-refractivity contribution in [2.24, 2.45) is 7.05 Å². The van der Waals surface area contributed by atoms with Crippen molar-refractivity contribution in [2.75, 3.05) is 0 Å². The molecule has 1 atom stereocenters. The number of nitrogens with zero attached hydrogens (tertiary/aromatic N) is 3. The number of amides is 2. The van der Waals surface area contributed by atoms with Gasteiger partial charge in [-0.15, -0.1) is 0 Å². The number of aromatic nitrogens is 3. The van der Waals surface area contributed by atoms with Crippen LogP contribution in [0.3, 0.4) is 0 Å². The third kappa shape index (κ3) is 5.08. The molecule has 0 saturated heterocycles. The van der Waals surface area contributed by atoms with Crippen molar-refractivity contribution < 1.29 is 23.9 Å². The smallest absolute Gasteiger partial charge is 0.419 e. The van der Waals surface area contributed by atoms with E-state index in [0.29, 0.717) is 16.7 Å². The van der Waals surface area contributed by atoms with E-state index in [2.05, 4.69) is 20.6 Å². The van der Waals surface area contributed by atoms with E-state index in [4.69, 9.17) is 9.52 Å². The van der Waals surface area contributed by atoms with Crippen molar-refractivity contribution >= 4 is 28.9 Å². The molecule has 2 aromatic carbocycles. The highest BCUT2D eigenvalue weighted by Crippen LogP contribution is 2.15. The first-order chi connectivity index (χ1) is 16.7. The number of nitrogens with one attached hydrogen (secondary N) is 2. The van der Waals surface area contributed by atoms with Gasteiger partial charge in [-0.25, -0.2) is 19.6 Å². The summed E-state index contributed by atoms with van der Waals surface area (Å²) < 4.78 is 6.47. The Morgan fingerprint density at radius 3 is 2.40 bits per heavy atom. The fourth-order valence-electron chi connectivity index (χ4n) is 3.43. The van der Waals surface area contributed by atoms with E-state index in [0.717, 1.165) is 11.9 Å². The Morgan fingerprint density at radius 2 is 1.71 bits per heavy atom. The van der Waals surface area contributed by atoms with Crippen LogP contribution in [0.25, 0.3) is 11.1 Å². The van der Waals surface area contributed by atoms with Gasteiger partial charge in [-0.3, -0.25) is 14.2 Å². The second-order valence-corrected chi connectivity index (χ2v) is 7.82. The maximum absolute atomic E-state index is 12.7. The summed E-state index contributed by atoms with van der Waals surface area (Å²) in [5.41, 5.74) is 2.68. The van der Waals surface area contributed by atoms with Crippen molar-refractivity contribution in [3.63, 3.8) is 0 Å². The molecule has 0 radical (unpaired) electrons. The van der Waals surface area contributed by atoms with Crippen LogP contribution < -0.4 is 16.4 Å². The van der Waals surface area contributed by atoms with Gasteiger partial charge in [0, 0.05) is 19.7 Å². The first-order valence-electron chi connectivity index (χ1n) is 10.6. The van der Waals surface area contributed by atoms with E-state index in [9.17, 15) is 19.2 Å². The molecule has 0 aliphatic rings. The Hall–Kier alpha value is -4.80. The number of aromatic carboxylic acids is 1. The molecule has 11 nitrogen and oxygen atoms in total. The number of fused-ring (bicyclic) bond motifs is 1. The highest BCUT2D eigenvalue weighted by atomic mass is 16.4. The molecular formula is C24H21N5O6. The van der Waals surface area contributed by atoms with Crippen LogP contribution in [-0.2, 0) is 13.6 Å². The summed E-state index contributed by atoms with van der Waals surface area (Å²) in [5, 5.41) is 14.5. The number of carbonyl (C=O) groups is 3. The van der Waals surface area contributed by atoms with Crippen molar-refractivity contribution in [3.8, 4) is 0 Å². The minimum absolute atomic E-state index is 0.00831. The zero-order valence-electron chi connectivity index (χ0n) is 18.8. The van der Waals surface area contributed by atoms with Gasteiger partial charge in [0.05, 0.1) is 17.1 Å². The molecule has 178 valence electrons. The lowest BCUT2D eigenvalue weighted by molar-refractivity contribution is 0.0696. The van der Waals surface area contributed by atoms with Crippen LogP contribution in [0.5, 0.6) is 0 Å². The molecular weight excluding hydrogens is 454 g/mol. The molecule has 2 amide bonds. The van der Waals surface area contributed by atoms with Gasteiger partial charge in [0.2, 0.25) is 0 Å². The number of carboxylic acid groups (broad SMARTS) is 1. The number of hydrogen-bond donors (Lipinski definition) is 3. The monoisotopic (exact) mass is 475 g/mol. The molecule has 0 aliphatic carbocycles. The van der Waals surface area contributed by atoms with E-state index >= 15 is 0 Å². The van der Waals surface area contributed by atoms with Crippen LogP contribution in [0.1, 0.15) is 55.4 Å². The molecule has 0 aliphatic heterocycles. The molecule has 0 fully saturated rings. The van der Waals surface area contributed by atoms with Crippen molar-refractivity contribution in [2.45, 2.75) is 19.5 Å². The number of oxazole rings is 1. The van der Waals surface area contributed by atoms with Gasteiger partial charge in [-0.2, -0.15) is 0 Å². The van der Waals surface area contributed by atoms with Crippen LogP contribution >= 0.6 is 0 Å². The summed E-state index contributed by atoms with van der Waals surface area (Å²) in [6.07, 6.45) is 1.13. The molecule has 2 heterocycles. The van der Waals surface area contributed by atoms with Crippen molar-refractivity contribution in [1.29, 1.82) is 0 Å². The van der Waals surface area contributed by atoms with Crippen LogP contribution in [0.4, 0.5) is 0 Å². The van der Waals surface area contributed by atoms with Gasteiger partial charge in [0.1, 0.15) is 17.7 Å². The first-order valence-corrected chi connectivity index (χ1v) is 10.6. The van der Waals surface area contributed by atoms with Crippen LogP contribution in [0, 0.1) is 0 Å². The SMILES string of the molecule is C[C@H](NC(=O)c1cc(C(=O)NCc2ccc3oc(=O)n(C)c3c2)ncn1)c1ccc(C(=O)O)cc1. The Balaban J connectivity index is 1.40. The highest BCUT2D eigenvalue weighted by molar-refractivity contribution is 5.97. The zero-order chi connectivity index (χ0) is 25.1. The minimum Gasteiger partial charge on any atom is -0.478 e. The average Bonchev–Trinajstić information content (AvgIpc) is 3.15. The topological polar surface area (TPSA) is 156 Å². The van der Waals surface area contributed by atoms with Crippen molar-refractivity contribution in [3.05, 3.63) is 93.5 Å². The molecule has 11 heteroatoms. The molecule has 35 heavy (non-hydrogen) atoms. The van der Waals surface area contributed by atoms with E-state index in [1.54, 1.807) is 44.3 Å². The quantitative estimate of drug-likeness (QED) is 0.367. The van der Waals surface area contributed by atoms with E-state index < -0.39 is 29.6 Å². The average molecular weight is 475 g/mol. The molecule has 4 rings (SSSR count). The third-order valence-corrected chi connectivity index (χ3v) is 5.45. The lowest BCUT2D eigenvalue weighted by Gasteiger charge is -2.14. The molecule has 4 aromatic rings. The van der Waals surface area contributed by atoms with Gasteiger partial charge < -0.3 is 20.2 Å². The number of aryl methyl sites for hydroxylation is 1. The van der Waals surface area contributed by atoms with Crippen molar-refractivity contribution in [1.82, 2.24) is 25.2 Å². The maximum atomic E-state index is 12.7. The lowest BCUT2D eigenvalue weighted by atomic mass is 10.1. The zero-order valence-corrected chi connectivity index (χ0v) is 18.8. The number of carboxylic acids is 1. The van der Waals surface area contributed by atoms with Crippen LogP contribution in [0.15, 0.2) is 64.1 Å². The minimum atomic E-state index is -1.03. The number of carbonyl (C=O) groups excluding carboxylic acids is 2. The molecule has 2 aromatic heterocycles. The van der Waals surface area contributed by atoms with E-state index in [1.165, 1.54) is 22.8 Å². The lowest BCUT2D eigenvalue weighted by Crippen LogP contribution is -2.29. The Kier molecular flexibility index (Phi) is 6.40. The van der Waals surface area contributed by atoms with E-state index in [-0.39, 0.29) is 23.5 Å². The van der Waals surface area contributed by atoms with E-state index in [1.807, 2.05) is 0 Å². The third-order valence-electron chi connectivity index (χ3n) is 5.45. The second-order valence-electron chi connectivity index (χ2n) is 7.82. The molecule has 0 bridgehead atoms. The fraction of sp³-hybridized carbons (Fsp3) is 0.167. The van der Waals surface area contributed by atoms with Gasteiger partial charge >= 0.3 is 11.7 Å². The largest absolute Gasteiger partial charge is 0.478 e. The molecule has 0 spiro atoms. The highest BCUT2D eigenvalue weighted by Gasteiger charge is 2.16. The van der Waals surface area contributed by atoms with Gasteiger partial charge in [0.25, 0.3) is 11.8 Å². The van der Waals surface area contributed by atoms with Gasteiger partial charge in [-0.1, -0.05) is 18.2 Å². The number of hydrogen-bond acceptors (Lipinski definition) is 7. The predicted molar refractivity (Wildman–Crippen MR) is 124 cm³/mol. The Morgan fingerprint density at radius 1 is 1.03 bits per heavy atom. The maximum Gasteiger partial charge on any atom is 0.419 e. The second kappa shape index (κ2) is 9.59. The fourth-order valence-corrected chi connectivity index (χ4v) is 3.43. The molecule has 3 N–H and O–H groups in total. The van der Waals surface area contributed by atoms with Crippen LogP contribution in [-0.4, -0.2) is 37.4 Å². The molecule has 0 saturated carbocycles. The standard InChI is InChI=1S/C24H21N5O6/c1-13(15-4-6-16(7-5-15)23(32)33)28-22(31)18-10-17(26-12-27-18)21(30)25-11-14-3-8-20-19(9-14)29(2)24(34)35-20/h3-10,12-13H,11H2,1-2H3,(H,25,30)(H,28,31)(H,32,33)/t13-/m0/s1. The number of rotatable bonds is 7. The normalized spacial score (nSPS) is 11.7. The summed E-state index contributed by atoms with van der Waals surface area (Å²) in [6, 6.07) is 12.1. The predicted octanol–water partition coefficient (Wildman–Crippen LogP) is 2.04. The Labute approximate surface area is 198 Å². The summed E-state index contributed by atoms with van der Waals surface area (Å²) in [5.74, 6) is -2.52. The first kappa shape index (κ1) is 23.4. The number of benzene rings is 2. The summed E-state index contributed by atoms with van der Waals surface area (Å²) in [6.45, 7) is 1.91. The molecule has 0 unspecified atom stereocenters. The van der Waals surface area contributed by atoms with Gasteiger partial charge in [0.15, 0.2) is 5.58 Å². The Bertz CT molecular complexity index is 1490. The van der Waals surface area contributed by atoms with Gasteiger partial charge in [-0.05, 0) is 42.3 Å².